The number of nitrogens with zero attached hydrogens (tertiary/aromatic N) is 1. The van der Waals surface area contributed by atoms with Crippen molar-refractivity contribution >= 4 is 34.0 Å². The van der Waals surface area contributed by atoms with Crippen LogP contribution >= 0.6 is 24.0 Å². The van der Waals surface area contributed by atoms with Crippen molar-refractivity contribution < 1.29 is 0 Å². The lowest BCUT2D eigenvalue weighted by molar-refractivity contribution is 0.648. The summed E-state index contributed by atoms with van der Waals surface area (Å²) in [6.45, 7) is 0. The average Bonchev–Trinajstić information content (AvgIpc) is 2.19. The third-order valence-electron chi connectivity index (χ3n) is 1.61. The van der Waals surface area contributed by atoms with Crippen molar-refractivity contribution in [2.24, 2.45) is 0 Å². The second-order valence-corrected chi connectivity index (χ2v) is 4.60. The first-order valence-electron chi connectivity index (χ1n) is 4.33. The Kier molecular flexibility index (Phi) is 4.76. The number of para-hydroxylation sites is 1. The van der Waals surface area contributed by atoms with Gasteiger partial charge in [0.25, 0.3) is 0 Å². The minimum Gasteiger partial charge on any atom is -0.376 e. The van der Waals surface area contributed by atoms with Gasteiger partial charge in [-0.1, -0.05) is 42.2 Å². The number of thioether (sulfide) groups is 1. The number of hydrogen-bond acceptors (Lipinski definition) is 3. The molecular formula is C10H14N2S2. The minimum atomic E-state index is 0.807. The van der Waals surface area contributed by atoms with E-state index in [9.17, 15) is 0 Å². The van der Waals surface area contributed by atoms with Gasteiger partial charge in [-0.05, 0) is 12.1 Å². The molecule has 1 N–H and O–H groups in total. The predicted molar refractivity (Wildman–Crippen MR) is 68.8 cm³/mol. The summed E-state index contributed by atoms with van der Waals surface area (Å²) in [4.78, 5) is 1.94. The summed E-state index contributed by atoms with van der Waals surface area (Å²) in [5, 5.41) is 3.28. The van der Waals surface area contributed by atoms with Crippen LogP contribution in [-0.4, -0.2) is 29.2 Å². The fourth-order valence-corrected chi connectivity index (χ4v) is 1.66. The zero-order valence-electron chi connectivity index (χ0n) is 8.36. The van der Waals surface area contributed by atoms with Crippen LogP contribution in [0.2, 0.25) is 0 Å². The zero-order chi connectivity index (χ0) is 10.4. The molecule has 1 aromatic rings. The van der Waals surface area contributed by atoms with E-state index in [0.29, 0.717) is 0 Å². The van der Waals surface area contributed by atoms with E-state index < -0.39 is 0 Å². The quantitative estimate of drug-likeness (QED) is 0.629. The number of nitrogens with one attached hydrogen (secondary N) is 1. The van der Waals surface area contributed by atoms with Gasteiger partial charge in [-0.25, -0.2) is 0 Å². The molecule has 0 unspecified atom stereocenters. The van der Waals surface area contributed by atoms with Crippen LogP contribution in [-0.2, 0) is 0 Å². The van der Waals surface area contributed by atoms with E-state index >= 15 is 0 Å². The largest absolute Gasteiger partial charge is 0.376 e. The van der Waals surface area contributed by atoms with Gasteiger partial charge in [-0.2, -0.15) is 0 Å². The molecular weight excluding hydrogens is 212 g/mol. The lowest BCUT2D eigenvalue weighted by Crippen LogP contribution is -2.17. The number of anilines is 1. The second-order valence-electron chi connectivity index (χ2n) is 2.99. The van der Waals surface area contributed by atoms with Gasteiger partial charge in [0.05, 0.1) is 5.88 Å². The first-order valence-corrected chi connectivity index (χ1v) is 5.72. The van der Waals surface area contributed by atoms with Crippen LogP contribution in [0.4, 0.5) is 5.69 Å². The summed E-state index contributed by atoms with van der Waals surface area (Å²) in [5.74, 6) is 0.807. The molecule has 1 rings (SSSR count). The Morgan fingerprint density at radius 2 is 2.00 bits per heavy atom. The molecule has 0 bridgehead atoms. The third-order valence-corrected chi connectivity index (χ3v) is 3.23. The van der Waals surface area contributed by atoms with Crippen LogP contribution in [0.5, 0.6) is 0 Å². The summed E-state index contributed by atoms with van der Waals surface area (Å²) in [7, 11) is 3.91. The maximum absolute atomic E-state index is 5.14. The van der Waals surface area contributed by atoms with Gasteiger partial charge in [0, 0.05) is 19.8 Å². The monoisotopic (exact) mass is 226 g/mol. The Morgan fingerprint density at radius 1 is 1.36 bits per heavy atom. The smallest absolute Gasteiger partial charge is 0.137 e. The lowest BCUT2D eigenvalue weighted by Gasteiger charge is -2.13. The molecule has 76 valence electrons. The molecule has 0 fully saturated rings. The Labute approximate surface area is 94.7 Å². The van der Waals surface area contributed by atoms with Crippen molar-refractivity contribution in [1.82, 2.24) is 4.90 Å². The molecule has 0 amide bonds. The SMILES string of the molecule is CN(C)C(=S)SCNc1ccccc1. The number of rotatable bonds is 3. The Morgan fingerprint density at radius 3 is 2.57 bits per heavy atom. The maximum Gasteiger partial charge on any atom is 0.137 e. The summed E-state index contributed by atoms with van der Waals surface area (Å²) in [6, 6.07) is 10.1. The molecule has 0 atom stereocenters. The molecule has 0 aliphatic heterocycles. The van der Waals surface area contributed by atoms with Crippen LogP contribution in [0.25, 0.3) is 0 Å². The molecule has 4 heteroatoms. The highest BCUT2D eigenvalue weighted by molar-refractivity contribution is 8.22. The highest BCUT2D eigenvalue weighted by atomic mass is 32.2. The van der Waals surface area contributed by atoms with Crippen molar-refractivity contribution in [3.63, 3.8) is 0 Å². The standard InChI is InChI=1S/C10H14N2S2/c1-12(2)10(13)14-8-11-9-6-4-3-5-7-9/h3-7,11H,8H2,1-2H3. The van der Waals surface area contributed by atoms with Crippen LogP contribution in [0.3, 0.4) is 0 Å². The van der Waals surface area contributed by atoms with Crippen LogP contribution in [0.1, 0.15) is 0 Å². The molecule has 0 heterocycles. The van der Waals surface area contributed by atoms with Gasteiger partial charge >= 0.3 is 0 Å². The van der Waals surface area contributed by atoms with E-state index in [0.717, 1.165) is 15.9 Å². The van der Waals surface area contributed by atoms with E-state index in [-0.39, 0.29) is 0 Å². The lowest BCUT2D eigenvalue weighted by atomic mass is 10.3. The number of benzene rings is 1. The second kappa shape index (κ2) is 5.88. The van der Waals surface area contributed by atoms with Gasteiger partial charge in [0.1, 0.15) is 4.32 Å². The van der Waals surface area contributed by atoms with E-state index in [1.807, 2.05) is 49.3 Å². The van der Waals surface area contributed by atoms with Gasteiger partial charge in [-0.3, -0.25) is 0 Å². The van der Waals surface area contributed by atoms with Crippen LogP contribution in [0, 0.1) is 0 Å². The average molecular weight is 226 g/mol. The Hall–Kier alpha value is -0.740. The fraction of sp³-hybridized carbons (Fsp3) is 0.300. The predicted octanol–water partition coefficient (Wildman–Crippen LogP) is 2.64. The Balaban J connectivity index is 2.26. The summed E-state index contributed by atoms with van der Waals surface area (Å²) in [5.41, 5.74) is 1.13. The normalized spacial score (nSPS) is 9.57. The highest BCUT2D eigenvalue weighted by Gasteiger charge is 1.98. The van der Waals surface area contributed by atoms with Gasteiger partial charge in [0.2, 0.25) is 0 Å². The van der Waals surface area contributed by atoms with Gasteiger partial charge in [-0.15, -0.1) is 0 Å². The molecule has 2 nitrogen and oxygen atoms in total. The third kappa shape index (κ3) is 3.98. The van der Waals surface area contributed by atoms with Crippen molar-refractivity contribution in [3.05, 3.63) is 30.3 Å². The van der Waals surface area contributed by atoms with Gasteiger partial charge < -0.3 is 10.2 Å². The first-order chi connectivity index (χ1) is 6.70. The van der Waals surface area contributed by atoms with Crippen molar-refractivity contribution in [3.8, 4) is 0 Å². The molecule has 0 saturated carbocycles. The molecule has 0 spiro atoms. The number of hydrogen-bond donors (Lipinski definition) is 1. The fourth-order valence-electron chi connectivity index (χ4n) is 0.866. The van der Waals surface area contributed by atoms with E-state index in [1.165, 1.54) is 0 Å². The van der Waals surface area contributed by atoms with Gasteiger partial charge in [0.15, 0.2) is 0 Å². The molecule has 14 heavy (non-hydrogen) atoms. The van der Waals surface area contributed by atoms with Crippen molar-refractivity contribution in [1.29, 1.82) is 0 Å². The van der Waals surface area contributed by atoms with E-state index in [1.54, 1.807) is 11.8 Å². The zero-order valence-corrected chi connectivity index (χ0v) is 9.99. The number of thiocarbonyl (C=S) groups is 1. The molecule has 0 aliphatic rings. The first kappa shape index (κ1) is 11.3. The molecule has 1 aromatic carbocycles. The van der Waals surface area contributed by atoms with E-state index in [2.05, 4.69) is 5.32 Å². The summed E-state index contributed by atoms with van der Waals surface area (Å²) in [6.07, 6.45) is 0. The maximum atomic E-state index is 5.14. The molecule has 0 aromatic heterocycles. The summed E-state index contributed by atoms with van der Waals surface area (Å²) < 4.78 is 0.897. The molecule has 0 saturated heterocycles. The minimum absolute atomic E-state index is 0.807. The van der Waals surface area contributed by atoms with Crippen LogP contribution < -0.4 is 5.32 Å². The molecule has 0 aliphatic carbocycles. The van der Waals surface area contributed by atoms with E-state index in [4.69, 9.17) is 12.2 Å². The van der Waals surface area contributed by atoms with Crippen molar-refractivity contribution in [2.75, 3.05) is 25.3 Å². The summed E-state index contributed by atoms with van der Waals surface area (Å²) >= 11 is 6.77. The molecule has 0 radical (unpaired) electrons. The van der Waals surface area contributed by atoms with Crippen molar-refractivity contribution in [2.45, 2.75) is 0 Å². The Bertz CT molecular complexity index is 285. The van der Waals surface area contributed by atoms with Crippen LogP contribution in [0.15, 0.2) is 30.3 Å². The highest BCUT2D eigenvalue weighted by Crippen LogP contribution is 2.10. The topological polar surface area (TPSA) is 15.3 Å².